The van der Waals surface area contributed by atoms with E-state index in [1.807, 2.05) is 0 Å². The quantitative estimate of drug-likeness (QED) is 0.637. The molecule has 1 aliphatic rings. The molecule has 1 fully saturated rings. The van der Waals surface area contributed by atoms with Gasteiger partial charge in [-0.2, -0.15) is 0 Å². The van der Waals surface area contributed by atoms with Gasteiger partial charge in [0.25, 0.3) is 0 Å². The molecule has 3 rings (SSSR count). The molecular formula is C19H26N2. The molecule has 0 aromatic heterocycles. The lowest BCUT2D eigenvalue weighted by atomic mass is 9.75. The van der Waals surface area contributed by atoms with Crippen LogP contribution in [0.1, 0.15) is 50.6 Å². The van der Waals surface area contributed by atoms with Crippen LogP contribution in [-0.2, 0) is 0 Å². The minimum Gasteiger partial charge on any atom is -0.271 e. The summed E-state index contributed by atoms with van der Waals surface area (Å²) in [6.07, 6.45) is 6.62. The van der Waals surface area contributed by atoms with E-state index in [0.29, 0.717) is 5.92 Å². The molecule has 1 aliphatic carbocycles. The van der Waals surface area contributed by atoms with Gasteiger partial charge in [0.1, 0.15) is 0 Å². The van der Waals surface area contributed by atoms with E-state index in [1.165, 1.54) is 48.4 Å². The molecule has 3 unspecified atom stereocenters. The van der Waals surface area contributed by atoms with E-state index in [4.69, 9.17) is 5.84 Å². The van der Waals surface area contributed by atoms with Gasteiger partial charge in [0, 0.05) is 6.04 Å². The van der Waals surface area contributed by atoms with Crippen LogP contribution in [0.3, 0.4) is 0 Å². The van der Waals surface area contributed by atoms with Crippen molar-refractivity contribution < 1.29 is 0 Å². The fourth-order valence-electron chi connectivity index (χ4n) is 3.91. The van der Waals surface area contributed by atoms with E-state index in [0.717, 1.165) is 5.92 Å². The Bertz CT molecular complexity index is 593. The molecule has 0 heterocycles. The standard InChI is InChI=1S/C19H26N2/c1-2-14-6-5-9-17(12-14)19(21-20)18-11-10-15-7-3-4-8-16(15)13-18/h3-4,7-8,10-11,13-14,17,19,21H,2,5-6,9,12,20H2,1H3. The summed E-state index contributed by atoms with van der Waals surface area (Å²) >= 11 is 0. The molecule has 0 spiro atoms. The van der Waals surface area contributed by atoms with Crippen molar-refractivity contribution in [3.63, 3.8) is 0 Å². The Morgan fingerprint density at radius 3 is 2.71 bits per heavy atom. The monoisotopic (exact) mass is 282 g/mol. The lowest BCUT2D eigenvalue weighted by Gasteiger charge is -2.34. The summed E-state index contributed by atoms with van der Waals surface area (Å²) in [5, 5.41) is 2.60. The van der Waals surface area contributed by atoms with Gasteiger partial charge in [-0.3, -0.25) is 11.3 Å². The number of hydrogen-bond donors (Lipinski definition) is 2. The molecule has 3 atom stereocenters. The molecule has 2 aromatic carbocycles. The third-order valence-electron chi connectivity index (χ3n) is 5.18. The number of benzene rings is 2. The van der Waals surface area contributed by atoms with Crippen molar-refractivity contribution in [3.8, 4) is 0 Å². The van der Waals surface area contributed by atoms with Gasteiger partial charge < -0.3 is 0 Å². The van der Waals surface area contributed by atoms with E-state index in [-0.39, 0.29) is 6.04 Å². The zero-order chi connectivity index (χ0) is 14.7. The molecule has 1 saturated carbocycles. The lowest BCUT2D eigenvalue weighted by molar-refractivity contribution is 0.210. The molecular weight excluding hydrogens is 256 g/mol. The smallest absolute Gasteiger partial charge is 0.0488 e. The number of hydrazine groups is 1. The summed E-state index contributed by atoms with van der Waals surface area (Å²) in [4.78, 5) is 0. The van der Waals surface area contributed by atoms with Crippen molar-refractivity contribution in [1.29, 1.82) is 0 Å². The van der Waals surface area contributed by atoms with Gasteiger partial charge in [0.15, 0.2) is 0 Å². The van der Waals surface area contributed by atoms with Crippen LogP contribution < -0.4 is 11.3 Å². The van der Waals surface area contributed by atoms with Crippen LogP contribution in [0.25, 0.3) is 10.8 Å². The zero-order valence-electron chi connectivity index (χ0n) is 12.9. The average molecular weight is 282 g/mol. The molecule has 21 heavy (non-hydrogen) atoms. The Morgan fingerprint density at radius 2 is 1.95 bits per heavy atom. The van der Waals surface area contributed by atoms with E-state index < -0.39 is 0 Å². The average Bonchev–Trinajstić information content (AvgIpc) is 2.56. The highest BCUT2D eigenvalue weighted by molar-refractivity contribution is 5.83. The minimum atomic E-state index is 0.281. The van der Waals surface area contributed by atoms with E-state index >= 15 is 0 Å². The van der Waals surface area contributed by atoms with Crippen LogP contribution in [0.15, 0.2) is 42.5 Å². The molecule has 2 heteroatoms. The summed E-state index contributed by atoms with van der Waals surface area (Å²) in [5.74, 6) is 7.45. The first kappa shape index (κ1) is 14.6. The normalized spacial score (nSPS) is 24.1. The van der Waals surface area contributed by atoms with Crippen LogP contribution in [0, 0.1) is 11.8 Å². The maximum absolute atomic E-state index is 5.92. The first-order valence-electron chi connectivity index (χ1n) is 8.26. The Balaban J connectivity index is 1.86. The molecule has 0 saturated heterocycles. The van der Waals surface area contributed by atoms with E-state index in [1.54, 1.807) is 0 Å². The molecule has 3 N–H and O–H groups in total. The topological polar surface area (TPSA) is 38.0 Å². The molecule has 2 nitrogen and oxygen atoms in total. The van der Waals surface area contributed by atoms with E-state index in [2.05, 4.69) is 54.8 Å². The molecule has 0 bridgehead atoms. The summed E-state index contributed by atoms with van der Waals surface area (Å²) < 4.78 is 0. The van der Waals surface area contributed by atoms with Gasteiger partial charge in [-0.1, -0.05) is 62.6 Å². The van der Waals surface area contributed by atoms with Gasteiger partial charge in [-0.15, -0.1) is 0 Å². The number of nitrogens with two attached hydrogens (primary N) is 1. The summed E-state index contributed by atoms with van der Waals surface area (Å²) in [7, 11) is 0. The van der Waals surface area contributed by atoms with Crippen molar-refractivity contribution in [2.24, 2.45) is 17.7 Å². The van der Waals surface area contributed by atoms with Gasteiger partial charge in [0.05, 0.1) is 0 Å². The van der Waals surface area contributed by atoms with Crippen molar-refractivity contribution in [1.82, 2.24) is 5.43 Å². The summed E-state index contributed by atoms with van der Waals surface area (Å²) in [6, 6.07) is 15.6. The largest absolute Gasteiger partial charge is 0.271 e. The second-order valence-corrected chi connectivity index (χ2v) is 6.45. The SMILES string of the molecule is CCC1CCCC(C(NN)c2ccc3ccccc3c2)C1. The third-order valence-corrected chi connectivity index (χ3v) is 5.18. The Labute approximate surface area is 127 Å². The van der Waals surface area contributed by atoms with Crippen LogP contribution in [0.5, 0.6) is 0 Å². The number of fused-ring (bicyclic) bond motifs is 1. The molecule has 112 valence electrons. The van der Waals surface area contributed by atoms with Gasteiger partial charge in [0.2, 0.25) is 0 Å². The van der Waals surface area contributed by atoms with Crippen molar-refractivity contribution in [2.45, 2.75) is 45.1 Å². The number of rotatable bonds is 4. The number of nitrogens with one attached hydrogen (secondary N) is 1. The molecule has 0 radical (unpaired) electrons. The van der Waals surface area contributed by atoms with Crippen molar-refractivity contribution >= 4 is 10.8 Å². The fourth-order valence-corrected chi connectivity index (χ4v) is 3.91. The highest BCUT2D eigenvalue weighted by atomic mass is 15.2. The van der Waals surface area contributed by atoms with Crippen LogP contribution in [0.4, 0.5) is 0 Å². The van der Waals surface area contributed by atoms with Gasteiger partial charge >= 0.3 is 0 Å². The molecule has 0 aliphatic heterocycles. The second-order valence-electron chi connectivity index (χ2n) is 6.45. The second kappa shape index (κ2) is 6.59. The third kappa shape index (κ3) is 3.12. The minimum absolute atomic E-state index is 0.281. The number of hydrogen-bond acceptors (Lipinski definition) is 2. The van der Waals surface area contributed by atoms with Crippen molar-refractivity contribution in [2.75, 3.05) is 0 Å². The predicted octanol–water partition coefficient (Wildman–Crippen LogP) is 4.56. The zero-order valence-corrected chi connectivity index (χ0v) is 12.9. The Kier molecular flexibility index (Phi) is 4.57. The van der Waals surface area contributed by atoms with Crippen molar-refractivity contribution in [3.05, 3.63) is 48.0 Å². The first-order valence-corrected chi connectivity index (χ1v) is 8.26. The van der Waals surface area contributed by atoms with Crippen LogP contribution in [0.2, 0.25) is 0 Å². The maximum atomic E-state index is 5.92. The summed E-state index contributed by atoms with van der Waals surface area (Å²) in [6.45, 7) is 2.31. The van der Waals surface area contributed by atoms with Crippen LogP contribution >= 0.6 is 0 Å². The van der Waals surface area contributed by atoms with Gasteiger partial charge in [-0.25, -0.2) is 0 Å². The lowest BCUT2D eigenvalue weighted by Crippen LogP contribution is -2.35. The molecule has 0 amide bonds. The van der Waals surface area contributed by atoms with Crippen LogP contribution in [-0.4, -0.2) is 0 Å². The van der Waals surface area contributed by atoms with E-state index in [9.17, 15) is 0 Å². The fraction of sp³-hybridized carbons (Fsp3) is 0.474. The highest BCUT2D eigenvalue weighted by Crippen LogP contribution is 2.38. The highest BCUT2D eigenvalue weighted by Gasteiger charge is 2.28. The Morgan fingerprint density at radius 1 is 1.14 bits per heavy atom. The summed E-state index contributed by atoms with van der Waals surface area (Å²) in [5.41, 5.74) is 4.43. The Hall–Kier alpha value is -1.38. The first-order chi connectivity index (χ1) is 10.3. The maximum Gasteiger partial charge on any atom is 0.0488 e. The predicted molar refractivity (Wildman–Crippen MR) is 89.8 cm³/mol. The molecule has 2 aromatic rings. The van der Waals surface area contributed by atoms with Gasteiger partial charge in [-0.05, 0) is 47.1 Å².